The predicted molar refractivity (Wildman–Crippen MR) is 135 cm³/mol. The zero-order valence-electron chi connectivity index (χ0n) is 20.1. The molecule has 0 saturated carbocycles. The van der Waals surface area contributed by atoms with E-state index in [-0.39, 0.29) is 34.9 Å². The average molecular weight is 534 g/mol. The Balaban J connectivity index is 1.67. The molecule has 39 heavy (non-hydrogen) atoms. The summed E-state index contributed by atoms with van der Waals surface area (Å²) in [6, 6.07) is 17.3. The number of ether oxygens (including phenoxy) is 1. The lowest BCUT2D eigenvalue weighted by Crippen LogP contribution is -2.32. The van der Waals surface area contributed by atoms with Gasteiger partial charge >= 0.3 is 12.1 Å². The van der Waals surface area contributed by atoms with Crippen molar-refractivity contribution in [3.63, 3.8) is 0 Å². The molecule has 0 aliphatic rings. The normalized spacial score (nSPS) is 12.8. The van der Waals surface area contributed by atoms with Crippen LogP contribution in [0.4, 0.5) is 19.1 Å². The second kappa shape index (κ2) is 11.2. The third-order valence-corrected chi connectivity index (χ3v) is 5.71. The molecule has 4 aromatic rings. The molecule has 0 spiro atoms. The molecule has 2 aromatic carbocycles. The number of carboxylic acid groups (broad SMARTS) is 1. The summed E-state index contributed by atoms with van der Waals surface area (Å²) in [6.45, 7) is 0. The molecular formula is C27H21F3N6O3. The highest BCUT2D eigenvalue weighted by atomic mass is 19.4. The van der Waals surface area contributed by atoms with E-state index in [1.165, 1.54) is 42.6 Å². The van der Waals surface area contributed by atoms with Crippen molar-refractivity contribution in [3.8, 4) is 34.3 Å². The lowest BCUT2D eigenvalue weighted by molar-refractivity contribution is -0.198. The number of benzene rings is 2. The Morgan fingerprint density at radius 3 is 2.36 bits per heavy atom. The molecule has 2 heterocycles. The third kappa shape index (κ3) is 6.46. The van der Waals surface area contributed by atoms with Gasteiger partial charge in [0, 0.05) is 29.0 Å². The summed E-state index contributed by atoms with van der Waals surface area (Å²) >= 11 is 0. The van der Waals surface area contributed by atoms with E-state index in [1.807, 2.05) is 6.07 Å². The van der Waals surface area contributed by atoms with Gasteiger partial charge in [-0.2, -0.15) is 23.4 Å². The number of nitrogens with zero attached hydrogens (tertiary/aromatic N) is 4. The van der Waals surface area contributed by atoms with Crippen LogP contribution in [0.2, 0.25) is 0 Å². The summed E-state index contributed by atoms with van der Waals surface area (Å²) in [7, 11) is 0. The van der Waals surface area contributed by atoms with Gasteiger partial charge in [0.2, 0.25) is 17.9 Å². The number of alkyl halides is 3. The van der Waals surface area contributed by atoms with Crippen molar-refractivity contribution >= 4 is 11.9 Å². The quantitative estimate of drug-likeness (QED) is 0.299. The first kappa shape index (κ1) is 27.0. The molecular weight excluding hydrogens is 513 g/mol. The van der Waals surface area contributed by atoms with Crippen LogP contribution < -0.4 is 16.2 Å². The number of nitriles is 1. The number of aromatic nitrogens is 3. The molecule has 0 bridgehead atoms. The minimum Gasteiger partial charge on any atom is -0.480 e. The molecule has 4 rings (SSSR count). The van der Waals surface area contributed by atoms with E-state index in [1.54, 1.807) is 30.3 Å². The van der Waals surface area contributed by atoms with E-state index in [0.29, 0.717) is 16.7 Å². The fraction of sp³-hybridized carbons (Fsp3) is 0.148. The Labute approximate surface area is 220 Å². The molecule has 0 amide bonds. The standard InChI is InChI=1S/C27H21F3N6O3/c28-27(29,30)24(20-4-2-1-3-19(20)17-9-10-18(13-31)34-14-17)39-23-12-22(35-26(33)36-23)16-7-5-15(6-8-16)11-21(32)25(37)38/h1-10,12,14,21,24H,11,32H2,(H,37,38)(H2,33,35,36)/t21-,24?/m0/s1. The SMILES string of the molecule is N#Cc1ccc(-c2ccccc2C(Oc2cc(-c3ccc(C[C@H](N)C(=O)O)cc3)nc(N)n2)C(F)(F)F)cn1. The number of aliphatic carboxylic acids is 1. The molecule has 9 nitrogen and oxygen atoms in total. The summed E-state index contributed by atoms with van der Waals surface area (Å²) in [4.78, 5) is 22.9. The first-order valence-corrected chi connectivity index (χ1v) is 11.5. The highest BCUT2D eigenvalue weighted by Crippen LogP contribution is 2.41. The maximum atomic E-state index is 14.3. The zero-order valence-corrected chi connectivity index (χ0v) is 20.1. The number of rotatable bonds is 8. The number of carbonyl (C=O) groups is 1. The van der Waals surface area contributed by atoms with Crippen LogP contribution in [0, 0.1) is 11.3 Å². The summed E-state index contributed by atoms with van der Waals surface area (Å²) < 4.78 is 48.4. The van der Waals surface area contributed by atoms with E-state index >= 15 is 0 Å². The van der Waals surface area contributed by atoms with Crippen LogP contribution in [0.3, 0.4) is 0 Å². The van der Waals surface area contributed by atoms with Crippen LogP contribution in [0.15, 0.2) is 72.9 Å². The first-order chi connectivity index (χ1) is 18.5. The molecule has 2 atom stereocenters. The van der Waals surface area contributed by atoms with Gasteiger partial charge in [-0.25, -0.2) is 9.97 Å². The summed E-state index contributed by atoms with van der Waals surface area (Å²) in [5.74, 6) is -1.84. The predicted octanol–water partition coefficient (Wildman–Crippen LogP) is 4.30. The average Bonchev–Trinajstić information content (AvgIpc) is 2.91. The highest BCUT2D eigenvalue weighted by Gasteiger charge is 2.44. The Morgan fingerprint density at radius 1 is 1.05 bits per heavy atom. The van der Waals surface area contributed by atoms with Crippen molar-refractivity contribution in [2.24, 2.45) is 5.73 Å². The van der Waals surface area contributed by atoms with E-state index in [0.717, 1.165) is 0 Å². The number of hydrogen-bond acceptors (Lipinski definition) is 8. The van der Waals surface area contributed by atoms with Crippen molar-refractivity contribution in [1.29, 1.82) is 5.26 Å². The van der Waals surface area contributed by atoms with E-state index in [4.69, 9.17) is 26.6 Å². The van der Waals surface area contributed by atoms with Gasteiger partial charge in [0.15, 0.2) is 0 Å². The number of nitrogens with two attached hydrogens (primary N) is 2. The van der Waals surface area contributed by atoms with Gasteiger partial charge < -0.3 is 21.3 Å². The molecule has 1 unspecified atom stereocenters. The summed E-state index contributed by atoms with van der Waals surface area (Å²) in [5.41, 5.74) is 13.2. The minimum atomic E-state index is -4.83. The van der Waals surface area contributed by atoms with Crippen molar-refractivity contribution in [2.75, 3.05) is 5.73 Å². The fourth-order valence-electron chi connectivity index (χ4n) is 3.84. The maximum Gasteiger partial charge on any atom is 0.429 e. The van der Waals surface area contributed by atoms with Gasteiger partial charge in [0.1, 0.15) is 17.8 Å². The lowest BCUT2D eigenvalue weighted by atomic mass is 9.96. The van der Waals surface area contributed by atoms with Gasteiger partial charge in [-0.05, 0) is 29.7 Å². The third-order valence-electron chi connectivity index (χ3n) is 5.71. The Morgan fingerprint density at radius 2 is 1.74 bits per heavy atom. The number of anilines is 1. The Kier molecular flexibility index (Phi) is 7.73. The molecule has 0 aliphatic carbocycles. The highest BCUT2D eigenvalue weighted by molar-refractivity contribution is 5.73. The van der Waals surface area contributed by atoms with Crippen LogP contribution in [0.1, 0.15) is 22.9 Å². The zero-order chi connectivity index (χ0) is 28.2. The Hall–Kier alpha value is -5.02. The number of nitrogen functional groups attached to an aromatic ring is 1. The minimum absolute atomic E-state index is 0.0946. The molecule has 198 valence electrons. The van der Waals surface area contributed by atoms with Crippen molar-refractivity contribution in [1.82, 2.24) is 15.0 Å². The second-order valence-corrected chi connectivity index (χ2v) is 8.47. The fourth-order valence-corrected chi connectivity index (χ4v) is 3.84. The summed E-state index contributed by atoms with van der Waals surface area (Å²) in [5, 5.41) is 18.0. The van der Waals surface area contributed by atoms with Crippen LogP contribution in [0.25, 0.3) is 22.4 Å². The van der Waals surface area contributed by atoms with Crippen molar-refractivity contribution in [2.45, 2.75) is 24.7 Å². The molecule has 2 aromatic heterocycles. The van der Waals surface area contributed by atoms with Gasteiger partial charge in [-0.3, -0.25) is 4.79 Å². The number of pyridine rings is 1. The van der Waals surface area contributed by atoms with Gasteiger partial charge in [-0.1, -0.05) is 48.5 Å². The van der Waals surface area contributed by atoms with E-state index < -0.39 is 30.2 Å². The summed E-state index contributed by atoms with van der Waals surface area (Å²) in [6.07, 6.45) is -5.83. The largest absolute Gasteiger partial charge is 0.480 e. The molecule has 0 fully saturated rings. The monoisotopic (exact) mass is 534 g/mol. The van der Waals surface area contributed by atoms with Gasteiger partial charge in [0.25, 0.3) is 0 Å². The molecule has 5 N–H and O–H groups in total. The Bertz CT molecular complexity index is 1520. The number of hydrogen-bond donors (Lipinski definition) is 3. The van der Waals surface area contributed by atoms with E-state index in [2.05, 4.69) is 15.0 Å². The maximum absolute atomic E-state index is 14.3. The molecule has 0 radical (unpaired) electrons. The first-order valence-electron chi connectivity index (χ1n) is 11.5. The topological polar surface area (TPSA) is 161 Å². The smallest absolute Gasteiger partial charge is 0.429 e. The van der Waals surface area contributed by atoms with Crippen LogP contribution >= 0.6 is 0 Å². The van der Waals surface area contributed by atoms with Crippen LogP contribution in [-0.4, -0.2) is 38.2 Å². The van der Waals surface area contributed by atoms with Crippen molar-refractivity contribution in [3.05, 3.63) is 89.7 Å². The number of carboxylic acids is 1. The number of halogens is 3. The van der Waals surface area contributed by atoms with Crippen LogP contribution in [-0.2, 0) is 11.2 Å². The second-order valence-electron chi connectivity index (χ2n) is 8.47. The van der Waals surface area contributed by atoms with E-state index in [9.17, 15) is 18.0 Å². The van der Waals surface area contributed by atoms with Gasteiger partial charge in [-0.15, -0.1) is 0 Å². The van der Waals surface area contributed by atoms with Crippen molar-refractivity contribution < 1.29 is 27.8 Å². The lowest BCUT2D eigenvalue weighted by Gasteiger charge is -2.24. The molecule has 12 heteroatoms. The van der Waals surface area contributed by atoms with Gasteiger partial charge in [0.05, 0.1) is 5.69 Å². The molecule has 0 aliphatic heterocycles. The molecule has 0 saturated heterocycles. The van der Waals surface area contributed by atoms with Crippen LogP contribution in [0.5, 0.6) is 5.88 Å².